The molecule has 0 bridgehead atoms. The summed E-state index contributed by atoms with van der Waals surface area (Å²) in [5, 5.41) is 10.9. The lowest BCUT2D eigenvalue weighted by Gasteiger charge is -2.10. The first-order chi connectivity index (χ1) is 7.34. The van der Waals surface area contributed by atoms with Gasteiger partial charge in [-0.05, 0) is 15.8 Å². The summed E-state index contributed by atoms with van der Waals surface area (Å²) >= 11 is 5.97. The van der Waals surface area contributed by atoms with Crippen molar-refractivity contribution in [2.45, 2.75) is 40.2 Å². The van der Waals surface area contributed by atoms with Crippen LogP contribution in [0.4, 0.5) is 5.82 Å². The van der Waals surface area contributed by atoms with Crippen LogP contribution in [0, 0.1) is 16.0 Å². The molecule has 1 rings (SSSR count). The lowest BCUT2D eigenvalue weighted by atomic mass is 10.2. The molecule has 1 aromatic heterocycles. The van der Waals surface area contributed by atoms with Crippen LogP contribution in [-0.4, -0.2) is 14.5 Å². The summed E-state index contributed by atoms with van der Waals surface area (Å²) in [7, 11) is 0. The third-order valence-corrected chi connectivity index (χ3v) is 2.53. The fraction of sp³-hybridized carbons (Fsp3) is 0.700. The summed E-state index contributed by atoms with van der Waals surface area (Å²) in [5.74, 6) is 0.908. The number of aromatic nitrogens is 2. The molecule has 90 valence electrons. The molecule has 0 radical (unpaired) electrons. The Morgan fingerprint density at radius 2 is 2.00 bits per heavy atom. The molecular weight excluding hydrogens is 230 g/mol. The van der Waals surface area contributed by atoms with Crippen molar-refractivity contribution in [2.24, 2.45) is 5.92 Å². The van der Waals surface area contributed by atoms with Crippen molar-refractivity contribution >= 4 is 17.4 Å². The van der Waals surface area contributed by atoms with Gasteiger partial charge in [-0.15, -0.1) is 0 Å². The van der Waals surface area contributed by atoms with E-state index < -0.39 is 4.92 Å². The van der Waals surface area contributed by atoms with Crippen LogP contribution in [0.5, 0.6) is 0 Å². The number of hydrogen-bond donors (Lipinski definition) is 0. The summed E-state index contributed by atoms with van der Waals surface area (Å²) in [6.07, 6.45) is 0. The van der Waals surface area contributed by atoms with Gasteiger partial charge in [0.15, 0.2) is 0 Å². The van der Waals surface area contributed by atoms with Crippen molar-refractivity contribution in [2.75, 3.05) is 0 Å². The second-order valence-corrected chi connectivity index (χ2v) is 4.86. The van der Waals surface area contributed by atoms with Crippen molar-refractivity contribution < 1.29 is 4.92 Å². The first kappa shape index (κ1) is 13.0. The van der Waals surface area contributed by atoms with Gasteiger partial charge in [-0.25, -0.2) is 0 Å². The topological polar surface area (TPSA) is 61.0 Å². The molecule has 0 atom stereocenters. The van der Waals surface area contributed by atoms with Crippen molar-refractivity contribution in [3.8, 4) is 0 Å². The summed E-state index contributed by atoms with van der Waals surface area (Å²) in [4.78, 5) is 14.2. The highest BCUT2D eigenvalue weighted by molar-refractivity contribution is 6.31. The van der Waals surface area contributed by atoms with Gasteiger partial charge in [0.2, 0.25) is 11.0 Å². The normalized spacial score (nSPS) is 11.4. The van der Waals surface area contributed by atoms with E-state index in [9.17, 15) is 10.1 Å². The largest absolute Gasteiger partial charge is 0.401 e. The first-order valence-corrected chi connectivity index (χ1v) is 5.62. The maximum Gasteiger partial charge on any atom is 0.401 e. The molecule has 0 spiro atoms. The first-order valence-electron chi connectivity index (χ1n) is 5.24. The Bertz CT molecular complexity index is 399. The zero-order valence-corrected chi connectivity index (χ0v) is 10.7. The van der Waals surface area contributed by atoms with Crippen LogP contribution in [0.1, 0.15) is 39.4 Å². The molecule has 1 heterocycles. The Hall–Kier alpha value is -1.10. The van der Waals surface area contributed by atoms with E-state index in [1.54, 1.807) is 4.57 Å². The van der Waals surface area contributed by atoms with E-state index in [2.05, 4.69) is 4.98 Å². The summed E-state index contributed by atoms with van der Waals surface area (Å²) in [6.45, 7) is 8.60. The maximum absolute atomic E-state index is 10.7. The highest BCUT2D eigenvalue weighted by Gasteiger charge is 2.27. The van der Waals surface area contributed by atoms with E-state index in [1.165, 1.54) is 0 Å². The molecule has 0 fully saturated rings. The van der Waals surface area contributed by atoms with Gasteiger partial charge in [-0.2, -0.15) is 0 Å². The lowest BCUT2D eigenvalue weighted by molar-refractivity contribution is -0.389. The molecule has 5 nitrogen and oxygen atoms in total. The highest BCUT2D eigenvalue weighted by Crippen LogP contribution is 2.29. The molecule has 0 N–H and O–H groups in total. The van der Waals surface area contributed by atoms with Gasteiger partial charge in [-0.3, -0.25) is 4.57 Å². The molecule has 0 aromatic carbocycles. The second-order valence-electron chi connectivity index (χ2n) is 4.50. The van der Waals surface area contributed by atoms with E-state index in [0.29, 0.717) is 18.3 Å². The summed E-state index contributed by atoms with van der Waals surface area (Å²) in [6, 6.07) is 0. The van der Waals surface area contributed by atoms with Crippen LogP contribution in [0.25, 0.3) is 0 Å². The molecular formula is C10H16ClN3O2. The number of halogens is 1. The summed E-state index contributed by atoms with van der Waals surface area (Å²) < 4.78 is 1.73. The van der Waals surface area contributed by atoms with Crippen molar-refractivity contribution in [1.29, 1.82) is 0 Å². The molecule has 0 saturated heterocycles. The molecule has 0 amide bonds. The van der Waals surface area contributed by atoms with Gasteiger partial charge >= 0.3 is 5.82 Å². The zero-order chi connectivity index (χ0) is 12.5. The van der Waals surface area contributed by atoms with Gasteiger partial charge in [-0.1, -0.05) is 39.3 Å². The predicted molar refractivity (Wildman–Crippen MR) is 62.8 cm³/mol. The molecule has 6 heteroatoms. The van der Waals surface area contributed by atoms with Gasteiger partial charge in [0.25, 0.3) is 0 Å². The third-order valence-electron chi connectivity index (χ3n) is 2.16. The predicted octanol–water partition coefficient (Wildman–Crippen LogP) is 3.22. The van der Waals surface area contributed by atoms with E-state index in [4.69, 9.17) is 11.6 Å². The van der Waals surface area contributed by atoms with Crippen LogP contribution in [0.15, 0.2) is 0 Å². The monoisotopic (exact) mass is 245 g/mol. The Morgan fingerprint density at radius 1 is 1.44 bits per heavy atom. The number of hydrogen-bond acceptors (Lipinski definition) is 3. The van der Waals surface area contributed by atoms with Gasteiger partial charge < -0.3 is 10.1 Å². The van der Waals surface area contributed by atoms with E-state index >= 15 is 0 Å². The summed E-state index contributed by atoms with van der Waals surface area (Å²) in [5.41, 5.74) is 0. The van der Waals surface area contributed by atoms with Crippen molar-refractivity contribution in [3.63, 3.8) is 0 Å². The zero-order valence-electron chi connectivity index (χ0n) is 9.90. The molecule has 0 aliphatic rings. The Labute approximate surface area is 99.6 Å². The van der Waals surface area contributed by atoms with Gasteiger partial charge in [0.1, 0.15) is 0 Å². The fourth-order valence-electron chi connectivity index (χ4n) is 1.53. The van der Waals surface area contributed by atoms with Crippen molar-refractivity contribution in [1.82, 2.24) is 9.55 Å². The van der Waals surface area contributed by atoms with Gasteiger partial charge in [0.05, 0.1) is 0 Å². The fourth-order valence-corrected chi connectivity index (χ4v) is 1.80. The molecule has 0 aliphatic carbocycles. The third kappa shape index (κ3) is 2.52. The molecule has 0 unspecified atom stereocenters. The molecule has 16 heavy (non-hydrogen) atoms. The minimum absolute atomic E-state index is 0.116. The Balaban J connectivity index is 3.26. The minimum atomic E-state index is -0.537. The molecule has 1 aromatic rings. The van der Waals surface area contributed by atoms with E-state index in [-0.39, 0.29) is 16.9 Å². The highest BCUT2D eigenvalue weighted by atomic mass is 35.5. The maximum atomic E-state index is 10.7. The number of nitro groups is 1. The van der Waals surface area contributed by atoms with Crippen molar-refractivity contribution in [3.05, 3.63) is 21.1 Å². The Morgan fingerprint density at radius 3 is 2.38 bits per heavy atom. The Kier molecular flexibility index (Phi) is 3.91. The number of nitrogens with zero attached hydrogens (tertiary/aromatic N) is 3. The van der Waals surface area contributed by atoms with Crippen LogP contribution in [0.2, 0.25) is 5.15 Å². The lowest BCUT2D eigenvalue weighted by Crippen LogP contribution is -2.09. The smallest absolute Gasteiger partial charge is 0.358 e. The van der Waals surface area contributed by atoms with E-state index in [1.807, 2.05) is 27.7 Å². The van der Waals surface area contributed by atoms with E-state index in [0.717, 1.165) is 0 Å². The average Bonchev–Trinajstić information content (AvgIpc) is 2.43. The van der Waals surface area contributed by atoms with Crippen LogP contribution >= 0.6 is 11.6 Å². The minimum Gasteiger partial charge on any atom is -0.358 e. The average molecular weight is 246 g/mol. The molecule has 0 saturated carbocycles. The molecule has 0 aliphatic heterocycles. The number of rotatable bonds is 4. The van der Waals surface area contributed by atoms with Crippen LogP contribution < -0.4 is 0 Å². The van der Waals surface area contributed by atoms with Crippen LogP contribution in [0.3, 0.4) is 0 Å². The van der Waals surface area contributed by atoms with Gasteiger partial charge in [0, 0.05) is 12.5 Å². The SMILES string of the molecule is CC(C)Cn1c(C(C)C)nc([N+](=O)[O-])c1Cl. The quantitative estimate of drug-likeness (QED) is 0.604. The second kappa shape index (κ2) is 4.82. The number of imidazole rings is 1. The van der Waals surface area contributed by atoms with Crippen LogP contribution in [-0.2, 0) is 6.54 Å². The standard InChI is InChI=1S/C10H16ClN3O2/c1-6(2)5-13-8(11)10(14(15)16)12-9(13)7(3)4/h6-7H,5H2,1-4H3.